The molecule has 1 fully saturated rings. The van der Waals surface area contributed by atoms with Crippen molar-refractivity contribution in [2.45, 2.75) is 71.1 Å². The van der Waals surface area contributed by atoms with Gasteiger partial charge in [0.2, 0.25) is 0 Å². The first-order valence-electron chi connectivity index (χ1n) is 7.58. The molecule has 20 heavy (non-hydrogen) atoms. The molecule has 2 unspecified atom stereocenters. The van der Waals surface area contributed by atoms with Gasteiger partial charge in [0.1, 0.15) is 0 Å². The first-order valence-corrected chi connectivity index (χ1v) is 8.37. The molecule has 1 aliphatic heterocycles. The summed E-state index contributed by atoms with van der Waals surface area (Å²) < 4.78 is 8.88. The highest BCUT2D eigenvalue weighted by Gasteiger charge is 2.36. The lowest BCUT2D eigenvalue weighted by molar-refractivity contribution is -0.135. The Bertz CT molecular complexity index is 453. The molecule has 114 valence electrons. The van der Waals surface area contributed by atoms with E-state index in [-0.39, 0.29) is 0 Å². The van der Waals surface area contributed by atoms with Gasteiger partial charge in [-0.05, 0) is 55.5 Å². The molecule has 1 aliphatic rings. The molecular formula is C15H25BrN2O2. The highest BCUT2D eigenvalue weighted by molar-refractivity contribution is 9.10. The first kappa shape index (κ1) is 16.0. The number of aromatic nitrogens is 2. The lowest BCUT2D eigenvalue weighted by atomic mass is 9.87. The van der Waals surface area contributed by atoms with Crippen molar-refractivity contribution in [3.05, 3.63) is 15.9 Å². The summed E-state index contributed by atoms with van der Waals surface area (Å²) in [4.78, 5) is 0. The molecule has 5 heteroatoms. The van der Waals surface area contributed by atoms with Crippen molar-refractivity contribution in [1.29, 1.82) is 0 Å². The predicted molar refractivity (Wildman–Crippen MR) is 82.9 cm³/mol. The minimum atomic E-state index is -0.495. The average Bonchev–Trinajstić information content (AvgIpc) is 2.76. The Morgan fingerprint density at radius 2 is 2.20 bits per heavy atom. The molecule has 0 aromatic carbocycles. The summed E-state index contributed by atoms with van der Waals surface area (Å²) in [6, 6.07) is 0. The van der Waals surface area contributed by atoms with Crippen LogP contribution in [0.3, 0.4) is 0 Å². The fourth-order valence-corrected chi connectivity index (χ4v) is 3.56. The maximum atomic E-state index is 10.6. The Hall–Kier alpha value is -0.390. The Morgan fingerprint density at radius 3 is 2.75 bits per heavy atom. The molecule has 2 atom stereocenters. The van der Waals surface area contributed by atoms with Gasteiger partial charge in [-0.25, -0.2) is 0 Å². The van der Waals surface area contributed by atoms with Crippen LogP contribution >= 0.6 is 15.9 Å². The first-order chi connectivity index (χ1) is 9.51. The number of hydrogen-bond acceptors (Lipinski definition) is 3. The summed E-state index contributed by atoms with van der Waals surface area (Å²) in [5.41, 5.74) is 1.71. The molecular weight excluding hydrogens is 320 g/mol. The van der Waals surface area contributed by atoms with Crippen molar-refractivity contribution in [3.8, 4) is 0 Å². The van der Waals surface area contributed by atoms with E-state index in [1.807, 2.05) is 11.6 Å². The number of ether oxygens (including phenoxy) is 1. The third-order valence-corrected chi connectivity index (χ3v) is 5.20. The van der Waals surface area contributed by atoms with Crippen LogP contribution in [-0.4, -0.2) is 33.2 Å². The maximum absolute atomic E-state index is 10.6. The predicted octanol–water partition coefficient (Wildman–Crippen LogP) is 3.09. The lowest BCUT2D eigenvalue weighted by Gasteiger charge is -2.38. The van der Waals surface area contributed by atoms with Crippen LogP contribution < -0.4 is 0 Å². The zero-order chi connectivity index (χ0) is 14.8. The molecule has 2 heterocycles. The minimum Gasteiger partial charge on any atom is -0.390 e. The van der Waals surface area contributed by atoms with Gasteiger partial charge in [-0.15, -0.1) is 0 Å². The van der Waals surface area contributed by atoms with Gasteiger partial charge in [-0.3, -0.25) is 4.68 Å². The monoisotopic (exact) mass is 344 g/mol. The maximum Gasteiger partial charge on any atom is 0.0916 e. The Morgan fingerprint density at radius 1 is 1.45 bits per heavy atom. The van der Waals surface area contributed by atoms with E-state index < -0.39 is 11.7 Å². The molecule has 0 amide bonds. The van der Waals surface area contributed by atoms with E-state index in [1.54, 1.807) is 0 Å². The van der Waals surface area contributed by atoms with Gasteiger partial charge in [0.05, 0.1) is 27.6 Å². The summed E-state index contributed by atoms with van der Waals surface area (Å²) >= 11 is 3.64. The highest BCUT2D eigenvalue weighted by Crippen LogP contribution is 2.32. The van der Waals surface area contributed by atoms with Gasteiger partial charge >= 0.3 is 0 Å². The molecule has 0 saturated carbocycles. The van der Waals surface area contributed by atoms with Crippen molar-refractivity contribution >= 4 is 15.9 Å². The number of aliphatic hydroxyl groups is 1. The van der Waals surface area contributed by atoms with E-state index in [9.17, 15) is 5.11 Å². The van der Waals surface area contributed by atoms with Gasteiger partial charge in [-0.2, -0.15) is 5.10 Å². The van der Waals surface area contributed by atoms with Gasteiger partial charge < -0.3 is 9.84 Å². The molecule has 0 bridgehead atoms. The number of rotatable bonds is 5. The van der Waals surface area contributed by atoms with Crippen molar-refractivity contribution in [2.24, 2.45) is 0 Å². The van der Waals surface area contributed by atoms with Crippen LogP contribution in [-0.2, 0) is 24.1 Å². The van der Waals surface area contributed by atoms with Crippen LogP contribution in [0.15, 0.2) is 4.47 Å². The molecule has 1 saturated heterocycles. The van der Waals surface area contributed by atoms with Crippen LogP contribution in [0.4, 0.5) is 0 Å². The van der Waals surface area contributed by atoms with Crippen molar-refractivity contribution in [1.82, 2.24) is 9.78 Å². The topological polar surface area (TPSA) is 47.3 Å². The number of hydrogen-bond donors (Lipinski definition) is 1. The molecule has 0 aliphatic carbocycles. The summed E-state index contributed by atoms with van der Waals surface area (Å²) in [6.45, 7) is 7.77. The van der Waals surface area contributed by atoms with Crippen molar-refractivity contribution in [3.63, 3.8) is 0 Å². The van der Waals surface area contributed by atoms with Crippen LogP contribution in [0.1, 0.15) is 51.4 Å². The zero-order valence-corrected chi connectivity index (χ0v) is 14.2. The summed E-state index contributed by atoms with van der Waals surface area (Å²) in [5.74, 6) is 0. The van der Waals surface area contributed by atoms with Crippen molar-refractivity contribution in [2.75, 3.05) is 6.61 Å². The molecule has 1 aromatic rings. The highest BCUT2D eigenvalue weighted by atomic mass is 79.9. The molecule has 0 spiro atoms. The van der Waals surface area contributed by atoms with E-state index >= 15 is 0 Å². The van der Waals surface area contributed by atoms with E-state index in [4.69, 9.17) is 4.74 Å². The second kappa shape index (κ2) is 6.58. The second-order valence-corrected chi connectivity index (χ2v) is 6.51. The molecule has 4 nitrogen and oxygen atoms in total. The summed E-state index contributed by atoms with van der Waals surface area (Å²) in [5, 5.41) is 15.2. The Labute approximate surface area is 129 Å². The van der Waals surface area contributed by atoms with Gasteiger partial charge in [0.15, 0.2) is 0 Å². The van der Waals surface area contributed by atoms with Gasteiger partial charge in [0.25, 0.3) is 0 Å². The third kappa shape index (κ3) is 3.10. The molecule has 1 aromatic heterocycles. The lowest BCUT2D eigenvalue weighted by Crippen LogP contribution is -2.46. The van der Waals surface area contributed by atoms with Gasteiger partial charge in [0, 0.05) is 19.6 Å². The molecule has 2 rings (SSSR count). The van der Waals surface area contributed by atoms with Crippen molar-refractivity contribution < 1.29 is 9.84 Å². The SMILES string of the molecule is CCc1nn(CC)c(CC(O)C2(C)CCCCO2)c1Br. The van der Waals surface area contributed by atoms with Crippen LogP contribution in [0.5, 0.6) is 0 Å². The standard InChI is InChI=1S/C15H25BrN2O2/c1-4-11-14(16)12(18(5-2)17-11)10-13(19)15(3)8-6-7-9-20-15/h13,19H,4-10H2,1-3H3. The van der Waals surface area contributed by atoms with E-state index in [0.29, 0.717) is 6.42 Å². The Balaban J connectivity index is 2.18. The molecule has 0 radical (unpaired) electrons. The summed E-state index contributed by atoms with van der Waals surface area (Å²) in [7, 11) is 0. The second-order valence-electron chi connectivity index (χ2n) is 5.71. The normalized spacial score (nSPS) is 24.9. The fraction of sp³-hybridized carbons (Fsp3) is 0.800. The quantitative estimate of drug-likeness (QED) is 0.892. The largest absolute Gasteiger partial charge is 0.390 e. The third-order valence-electron chi connectivity index (χ3n) is 4.29. The summed E-state index contributed by atoms with van der Waals surface area (Å²) in [6.07, 6.45) is 4.13. The van der Waals surface area contributed by atoms with E-state index in [1.165, 1.54) is 0 Å². The average molecular weight is 345 g/mol. The van der Waals surface area contributed by atoms with Crippen LogP contribution in [0.2, 0.25) is 0 Å². The Kier molecular flexibility index (Phi) is 5.26. The number of nitrogens with zero attached hydrogens (tertiary/aromatic N) is 2. The number of aliphatic hydroxyl groups excluding tert-OH is 1. The number of aryl methyl sites for hydroxylation is 2. The zero-order valence-electron chi connectivity index (χ0n) is 12.7. The minimum absolute atomic E-state index is 0.424. The fourth-order valence-electron chi connectivity index (χ4n) is 2.83. The van der Waals surface area contributed by atoms with Crippen LogP contribution in [0.25, 0.3) is 0 Å². The van der Waals surface area contributed by atoms with Crippen LogP contribution in [0, 0.1) is 0 Å². The smallest absolute Gasteiger partial charge is 0.0916 e. The van der Waals surface area contributed by atoms with E-state index in [0.717, 1.165) is 54.7 Å². The number of halogens is 1. The van der Waals surface area contributed by atoms with Gasteiger partial charge in [-0.1, -0.05) is 6.92 Å². The molecule has 1 N–H and O–H groups in total. The van der Waals surface area contributed by atoms with E-state index in [2.05, 4.69) is 34.9 Å².